The average molecular weight is 479 g/mol. The molecule has 1 saturated heterocycles. The van der Waals surface area contributed by atoms with Crippen LogP contribution in [0.1, 0.15) is 35.6 Å². The van der Waals surface area contributed by atoms with Crippen molar-refractivity contribution >= 4 is 55.7 Å². The second-order valence-corrected chi connectivity index (χ2v) is 9.22. The maximum Gasteiger partial charge on any atom is 0.302 e. The van der Waals surface area contributed by atoms with Crippen LogP contribution in [-0.4, -0.2) is 21.8 Å². The van der Waals surface area contributed by atoms with E-state index >= 15 is 0 Å². The number of halogens is 1. The number of furan rings is 1. The van der Waals surface area contributed by atoms with Crippen molar-refractivity contribution in [2.45, 2.75) is 26.3 Å². The molecule has 2 aromatic carbocycles. The fraction of sp³-hybridized carbons (Fsp3) is 0.160. The molecular formula is C25H19ClN2O4S. The summed E-state index contributed by atoms with van der Waals surface area (Å²) in [6, 6.07) is 14.9. The van der Waals surface area contributed by atoms with Crippen molar-refractivity contribution in [1.82, 2.24) is 4.98 Å². The van der Waals surface area contributed by atoms with Crippen LogP contribution in [0, 0.1) is 6.92 Å². The van der Waals surface area contributed by atoms with Crippen molar-refractivity contribution in [2.75, 3.05) is 4.90 Å². The van der Waals surface area contributed by atoms with E-state index in [4.69, 9.17) is 16.0 Å². The molecule has 1 fully saturated rings. The van der Waals surface area contributed by atoms with E-state index in [2.05, 4.69) is 11.9 Å². The van der Waals surface area contributed by atoms with Gasteiger partial charge in [0, 0.05) is 10.6 Å². The Morgan fingerprint density at radius 2 is 1.91 bits per heavy atom. The number of ketones is 1. The molecule has 0 aliphatic carbocycles. The molecule has 0 unspecified atom stereocenters. The van der Waals surface area contributed by atoms with Crippen LogP contribution in [0.15, 0.2) is 64.6 Å². The number of aryl methyl sites for hydroxylation is 2. The normalized spacial score (nSPS) is 17.9. The molecule has 3 heterocycles. The van der Waals surface area contributed by atoms with Gasteiger partial charge in [0.2, 0.25) is 0 Å². The van der Waals surface area contributed by atoms with Crippen molar-refractivity contribution in [2.24, 2.45) is 0 Å². The monoisotopic (exact) mass is 478 g/mol. The van der Waals surface area contributed by atoms with E-state index in [0.717, 1.165) is 22.2 Å². The van der Waals surface area contributed by atoms with Gasteiger partial charge >= 0.3 is 5.91 Å². The Morgan fingerprint density at radius 3 is 2.58 bits per heavy atom. The van der Waals surface area contributed by atoms with Crippen LogP contribution in [0.25, 0.3) is 16.0 Å². The number of benzene rings is 2. The highest BCUT2D eigenvalue weighted by atomic mass is 35.5. The highest BCUT2D eigenvalue weighted by molar-refractivity contribution is 7.22. The first kappa shape index (κ1) is 21.4. The Kier molecular flexibility index (Phi) is 5.31. The lowest BCUT2D eigenvalue weighted by atomic mass is 9.99. The number of aliphatic hydroxyl groups is 1. The largest absolute Gasteiger partial charge is 0.507 e. The summed E-state index contributed by atoms with van der Waals surface area (Å²) in [5.74, 6) is -0.857. The molecule has 1 N–H and O–H groups in total. The number of aromatic nitrogens is 1. The highest BCUT2D eigenvalue weighted by Crippen LogP contribution is 2.44. The third-order valence-electron chi connectivity index (χ3n) is 5.65. The fourth-order valence-corrected chi connectivity index (χ4v) is 5.12. The van der Waals surface area contributed by atoms with Crippen molar-refractivity contribution < 1.29 is 19.1 Å². The molecule has 1 atom stereocenters. The summed E-state index contributed by atoms with van der Waals surface area (Å²) < 4.78 is 6.74. The van der Waals surface area contributed by atoms with Crippen molar-refractivity contribution in [3.05, 3.63) is 87.8 Å². The summed E-state index contributed by atoms with van der Waals surface area (Å²) in [7, 11) is 0. The number of carbonyl (C=O) groups excluding carboxylic acids is 2. The van der Waals surface area contributed by atoms with Crippen LogP contribution in [-0.2, 0) is 16.0 Å². The zero-order chi connectivity index (χ0) is 23.3. The summed E-state index contributed by atoms with van der Waals surface area (Å²) in [4.78, 5) is 32.3. The molecule has 166 valence electrons. The topological polar surface area (TPSA) is 83.6 Å². The number of rotatable bonds is 4. The number of hydrogen-bond donors (Lipinski definition) is 1. The van der Waals surface area contributed by atoms with Gasteiger partial charge in [0.15, 0.2) is 5.13 Å². The third kappa shape index (κ3) is 3.63. The lowest BCUT2D eigenvalue weighted by molar-refractivity contribution is -0.132. The molecule has 6 nitrogen and oxygen atoms in total. The van der Waals surface area contributed by atoms with Crippen LogP contribution >= 0.6 is 22.9 Å². The lowest BCUT2D eigenvalue weighted by Gasteiger charge is -2.20. The lowest BCUT2D eigenvalue weighted by Crippen LogP contribution is -2.29. The summed E-state index contributed by atoms with van der Waals surface area (Å²) >= 11 is 7.29. The second kappa shape index (κ2) is 8.17. The number of nitrogens with zero attached hydrogens (tertiary/aromatic N) is 2. The van der Waals surface area contributed by atoms with E-state index in [1.54, 1.807) is 43.3 Å². The van der Waals surface area contributed by atoms with E-state index in [-0.39, 0.29) is 11.3 Å². The Morgan fingerprint density at radius 1 is 1.15 bits per heavy atom. The van der Waals surface area contributed by atoms with Gasteiger partial charge in [-0.25, -0.2) is 4.98 Å². The maximum atomic E-state index is 13.2. The van der Waals surface area contributed by atoms with Gasteiger partial charge in [-0.05, 0) is 67.4 Å². The minimum absolute atomic E-state index is 0.0508. The summed E-state index contributed by atoms with van der Waals surface area (Å²) in [6.07, 6.45) is 0.875. The number of carbonyl (C=O) groups is 2. The highest BCUT2D eigenvalue weighted by Gasteiger charge is 2.49. The summed E-state index contributed by atoms with van der Waals surface area (Å²) in [5, 5.41) is 12.0. The molecule has 0 radical (unpaired) electrons. The maximum absolute atomic E-state index is 13.2. The fourth-order valence-electron chi connectivity index (χ4n) is 3.94. The molecule has 4 aromatic rings. The van der Waals surface area contributed by atoms with Crippen LogP contribution in [0.2, 0.25) is 5.02 Å². The molecule has 8 heteroatoms. The minimum atomic E-state index is -0.944. The number of hydrogen-bond acceptors (Lipinski definition) is 6. The summed E-state index contributed by atoms with van der Waals surface area (Å²) in [6.45, 7) is 3.84. The number of anilines is 1. The van der Waals surface area contributed by atoms with Gasteiger partial charge in [-0.15, -0.1) is 0 Å². The molecule has 0 bridgehead atoms. The quantitative estimate of drug-likeness (QED) is 0.219. The Hall–Kier alpha value is -3.42. The molecule has 0 saturated carbocycles. The molecule has 0 spiro atoms. The van der Waals surface area contributed by atoms with Crippen LogP contribution in [0.5, 0.6) is 0 Å². The zero-order valence-corrected chi connectivity index (χ0v) is 19.4. The van der Waals surface area contributed by atoms with Gasteiger partial charge in [-0.1, -0.05) is 35.9 Å². The van der Waals surface area contributed by atoms with E-state index < -0.39 is 17.7 Å². The van der Waals surface area contributed by atoms with Gasteiger partial charge in [0.1, 0.15) is 23.3 Å². The zero-order valence-electron chi connectivity index (χ0n) is 17.8. The van der Waals surface area contributed by atoms with Crippen LogP contribution < -0.4 is 4.90 Å². The van der Waals surface area contributed by atoms with E-state index in [1.807, 2.05) is 18.2 Å². The first-order chi connectivity index (χ1) is 15.9. The number of fused-ring (bicyclic) bond motifs is 1. The number of amides is 1. The van der Waals surface area contributed by atoms with Gasteiger partial charge in [-0.2, -0.15) is 0 Å². The van der Waals surface area contributed by atoms with Gasteiger partial charge in [0.25, 0.3) is 5.78 Å². The second-order valence-electron chi connectivity index (χ2n) is 7.78. The number of Topliss-reactive ketones (excluding diaryl/α,β-unsaturated/α-hetero) is 1. The predicted molar refractivity (Wildman–Crippen MR) is 129 cm³/mol. The number of aliphatic hydroxyl groups excluding tert-OH is 1. The van der Waals surface area contributed by atoms with Gasteiger partial charge in [0.05, 0.1) is 15.8 Å². The van der Waals surface area contributed by atoms with Crippen molar-refractivity contribution in [3.63, 3.8) is 0 Å². The Balaban J connectivity index is 1.70. The van der Waals surface area contributed by atoms with E-state index in [9.17, 15) is 14.7 Å². The van der Waals surface area contributed by atoms with Crippen molar-refractivity contribution in [1.29, 1.82) is 0 Å². The SMILES string of the molecule is CCc1ccc2nc(N3C(=O)C(=O)C(=C(O)c4ccc(Cl)cc4)[C@@H]3c3ccc(C)o3)sc2c1. The summed E-state index contributed by atoms with van der Waals surface area (Å²) in [5.41, 5.74) is 2.22. The molecule has 1 amide bonds. The van der Waals surface area contributed by atoms with Gasteiger partial charge in [-0.3, -0.25) is 14.5 Å². The van der Waals surface area contributed by atoms with E-state index in [0.29, 0.717) is 27.2 Å². The van der Waals surface area contributed by atoms with Crippen LogP contribution in [0.4, 0.5) is 5.13 Å². The average Bonchev–Trinajstić information content (AvgIpc) is 3.49. The molecule has 1 aliphatic heterocycles. The standard InChI is InChI=1S/C25H19ClN2O4S/c1-3-14-5-10-17-19(12-14)33-25(27-17)28-21(18-11-4-13(2)32-18)20(23(30)24(28)31)22(29)15-6-8-16(26)9-7-15/h4-12,21,29H,3H2,1-2H3/t21-/m0/s1. The van der Waals surface area contributed by atoms with Crippen LogP contribution in [0.3, 0.4) is 0 Å². The molecule has 2 aromatic heterocycles. The smallest absolute Gasteiger partial charge is 0.302 e. The van der Waals surface area contributed by atoms with Crippen molar-refractivity contribution in [3.8, 4) is 0 Å². The molecular weight excluding hydrogens is 460 g/mol. The Bertz CT molecular complexity index is 1430. The number of thiazole rings is 1. The minimum Gasteiger partial charge on any atom is -0.507 e. The van der Waals surface area contributed by atoms with E-state index in [1.165, 1.54) is 16.2 Å². The predicted octanol–water partition coefficient (Wildman–Crippen LogP) is 6.04. The first-order valence-corrected chi connectivity index (χ1v) is 11.6. The van der Waals surface area contributed by atoms with Gasteiger partial charge < -0.3 is 9.52 Å². The third-order valence-corrected chi connectivity index (χ3v) is 6.92. The molecule has 33 heavy (non-hydrogen) atoms. The first-order valence-electron chi connectivity index (χ1n) is 10.4. The molecule has 1 aliphatic rings. The Labute approximate surface area is 198 Å². The molecule has 5 rings (SSSR count).